The number of nitrogens with zero attached hydrogens (tertiary/aromatic N) is 6. The first-order chi connectivity index (χ1) is 14.7. The number of morpholine rings is 1. The van der Waals surface area contributed by atoms with E-state index >= 15 is 0 Å². The maximum Gasteiger partial charge on any atom is 0.275 e. The summed E-state index contributed by atoms with van der Waals surface area (Å²) in [5.41, 5.74) is 2.62. The third-order valence-electron chi connectivity index (χ3n) is 5.18. The van der Waals surface area contributed by atoms with Gasteiger partial charge in [0.1, 0.15) is 11.4 Å². The molecule has 1 aromatic carbocycles. The number of rotatable bonds is 7. The molecule has 0 N–H and O–H groups in total. The fraction of sp³-hybridized carbons (Fsp3) is 0.381. The largest absolute Gasteiger partial charge is 0.497 e. The van der Waals surface area contributed by atoms with Crippen LogP contribution in [0.3, 0.4) is 0 Å². The molecule has 156 valence electrons. The van der Waals surface area contributed by atoms with E-state index in [0.29, 0.717) is 23.2 Å². The average molecular weight is 427 g/mol. The van der Waals surface area contributed by atoms with E-state index in [1.807, 2.05) is 18.2 Å². The molecule has 1 aliphatic heterocycles. The molecule has 8 nitrogen and oxygen atoms in total. The van der Waals surface area contributed by atoms with Gasteiger partial charge < -0.3 is 19.2 Å². The third kappa shape index (κ3) is 4.49. The summed E-state index contributed by atoms with van der Waals surface area (Å²) in [6, 6.07) is 9.84. The monoisotopic (exact) mass is 426 g/mol. The zero-order valence-electron chi connectivity index (χ0n) is 16.8. The topological polar surface area (TPSA) is 59.5 Å². The summed E-state index contributed by atoms with van der Waals surface area (Å²) in [5, 5.41) is 4.59. The van der Waals surface area contributed by atoms with Crippen LogP contribution in [0.2, 0.25) is 5.15 Å². The highest BCUT2D eigenvalue weighted by molar-refractivity contribution is 6.29. The summed E-state index contributed by atoms with van der Waals surface area (Å²) >= 11 is 6.31. The standard InChI is InChI=1S/C21H23ClN6O2/c1-23-20-14-24-21-18(13-19(22)25-28(20)21)27(8-7-26-9-11-30-12-10-26)15-16-3-5-17(29-2)6-4-16/h3-6,13-14H,7-12,15H2,2H3. The number of imidazole rings is 1. The van der Waals surface area contributed by atoms with Gasteiger partial charge in [-0.2, -0.15) is 0 Å². The molecule has 30 heavy (non-hydrogen) atoms. The fourth-order valence-electron chi connectivity index (χ4n) is 3.54. The molecule has 9 heteroatoms. The van der Waals surface area contributed by atoms with E-state index in [2.05, 4.69) is 36.9 Å². The van der Waals surface area contributed by atoms with E-state index < -0.39 is 0 Å². The molecule has 4 rings (SSSR count). The van der Waals surface area contributed by atoms with Crippen molar-refractivity contribution in [2.75, 3.05) is 51.4 Å². The maximum atomic E-state index is 7.36. The summed E-state index contributed by atoms with van der Waals surface area (Å²) in [6.07, 6.45) is 1.53. The number of anilines is 1. The van der Waals surface area contributed by atoms with E-state index in [4.69, 9.17) is 27.6 Å². The highest BCUT2D eigenvalue weighted by atomic mass is 35.5. The number of halogens is 1. The normalized spacial score (nSPS) is 14.6. The second-order valence-electron chi connectivity index (χ2n) is 7.04. The van der Waals surface area contributed by atoms with Gasteiger partial charge in [0.15, 0.2) is 5.15 Å². The quantitative estimate of drug-likeness (QED) is 0.540. The number of benzene rings is 1. The van der Waals surface area contributed by atoms with Gasteiger partial charge in [-0.25, -0.2) is 4.98 Å². The van der Waals surface area contributed by atoms with Crippen LogP contribution in [0.15, 0.2) is 36.5 Å². The molecule has 0 atom stereocenters. The summed E-state index contributed by atoms with van der Waals surface area (Å²) in [5.74, 6) is 1.16. The number of methoxy groups -OCH3 is 1. The predicted octanol–water partition coefficient (Wildman–Crippen LogP) is 3.28. The number of ether oxygens (including phenoxy) is 2. The second-order valence-corrected chi connectivity index (χ2v) is 7.43. The van der Waals surface area contributed by atoms with Crippen LogP contribution >= 0.6 is 11.6 Å². The summed E-state index contributed by atoms with van der Waals surface area (Å²) in [4.78, 5) is 12.6. The molecule has 0 amide bonds. The molecule has 0 radical (unpaired) electrons. The van der Waals surface area contributed by atoms with Crippen molar-refractivity contribution >= 4 is 28.8 Å². The van der Waals surface area contributed by atoms with E-state index in [9.17, 15) is 0 Å². The van der Waals surface area contributed by atoms with Crippen molar-refractivity contribution in [1.29, 1.82) is 0 Å². The molecule has 0 aliphatic carbocycles. The summed E-state index contributed by atoms with van der Waals surface area (Å²) in [7, 11) is 1.66. The molecule has 0 spiro atoms. The van der Waals surface area contributed by atoms with Crippen molar-refractivity contribution in [2.24, 2.45) is 0 Å². The van der Waals surface area contributed by atoms with Crippen molar-refractivity contribution in [3.8, 4) is 5.75 Å². The van der Waals surface area contributed by atoms with E-state index in [1.54, 1.807) is 7.11 Å². The van der Waals surface area contributed by atoms with Gasteiger partial charge in [0.25, 0.3) is 11.5 Å². The van der Waals surface area contributed by atoms with Crippen LogP contribution in [0.4, 0.5) is 11.5 Å². The number of aromatic nitrogens is 3. The van der Waals surface area contributed by atoms with Crippen LogP contribution in [-0.2, 0) is 11.3 Å². The Morgan fingerprint density at radius 1 is 1.27 bits per heavy atom. The van der Waals surface area contributed by atoms with Gasteiger partial charge in [-0.05, 0) is 17.7 Å². The highest BCUT2D eigenvalue weighted by Crippen LogP contribution is 2.28. The van der Waals surface area contributed by atoms with Gasteiger partial charge in [-0.15, -0.1) is 4.52 Å². The van der Waals surface area contributed by atoms with Crippen molar-refractivity contribution in [2.45, 2.75) is 6.54 Å². The Labute approximate surface area is 180 Å². The Hall–Kier alpha value is -2.86. The lowest BCUT2D eigenvalue weighted by molar-refractivity contribution is 0.0391. The fourth-order valence-corrected chi connectivity index (χ4v) is 3.72. The molecule has 1 aliphatic rings. The van der Waals surface area contributed by atoms with Crippen LogP contribution in [-0.4, -0.2) is 66.0 Å². The highest BCUT2D eigenvalue weighted by Gasteiger charge is 2.20. The Morgan fingerprint density at radius 3 is 2.73 bits per heavy atom. The number of hydrogen-bond acceptors (Lipinski definition) is 6. The summed E-state index contributed by atoms with van der Waals surface area (Å²) < 4.78 is 12.3. The molecule has 3 heterocycles. The van der Waals surface area contributed by atoms with Crippen molar-refractivity contribution < 1.29 is 9.47 Å². The number of hydrogen-bond donors (Lipinski definition) is 0. The van der Waals surface area contributed by atoms with Crippen molar-refractivity contribution in [3.05, 3.63) is 58.7 Å². The maximum absolute atomic E-state index is 7.36. The molecule has 0 unspecified atom stereocenters. The predicted molar refractivity (Wildman–Crippen MR) is 116 cm³/mol. The zero-order chi connectivity index (χ0) is 20.9. The zero-order valence-corrected chi connectivity index (χ0v) is 17.5. The average Bonchev–Trinajstić information content (AvgIpc) is 3.20. The molecular weight excluding hydrogens is 404 g/mol. The molecule has 0 saturated carbocycles. The lowest BCUT2D eigenvalue weighted by Gasteiger charge is -2.31. The SMILES string of the molecule is [C-]#[N+]c1cnc2c(N(CCN3CCOCC3)Cc3ccc(OC)cc3)cc(Cl)nn12. The van der Waals surface area contributed by atoms with Crippen LogP contribution in [0.25, 0.3) is 10.5 Å². The van der Waals surface area contributed by atoms with Crippen LogP contribution in [0.5, 0.6) is 5.75 Å². The molecule has 0 bridgehead atoms. The Morgan fingerprint density at radius 2 is 2.03 bits per heavy atom. The van der Waals surface area contributed by atoms with Crippen LogP contribution in [0.1, 0.15) is 5.56 Å². The first-order valence-corrected chi connectivity index (χ1v) is 10.2. The van der Waals surface area contributed by atoms with Gasteiger partial charge in [-0.1, -0.05) is 35.4 Å². The Bertz CT molecular complexity index is 1040. The molecule has 3 aromatic rings. The smallest absolute Gasteiger partial charge is 0.275 e. The van der Waals surface area contributed by atoms with Crippen LogP contribution in [0, 0.1) is 6.57 Å². The Kier molecular flexibility index (Phi) is 6.33. The van der Waals surface area contributed by atoms with Crippen LogP contribution < -0.4 is 9.64 Å². The molecule has 1 saturated heterocycles. The lowest BCUT2D eigenvalue weighted by Crippen LogP contribution is -2.41. The Balaban J connectivity index is 1.66. The van der Waals surface area contributed by atoms with Gasteiger partial charge >= 0.3 is 0 Å². The first kappa shape index (κ1) is 20.4. The minimum Gasteiger partial charge on any atom is -0.497 e. The lowest BCUT2D eigenvalue weighted by atomic mass is 10.2. The molecule has 1 fully saturated rings. The van der Waals surface area contributed by atoms with Crippen molar-refractivity contribution in [3.63, 3.8) is 0 Å². The van der Waals surface area contributed by atoms with E-state index in [-0.39, 0.29) is 0 Å². The van der Waals surface area contributed by atoms with Gasteiger partial charge in [0.05, 0.1) is 26.5 Å². The first-order valence-electron chi connectivity index (χ1n) is 9.77. The van der Waals surface area contributed by atoms with Crippen molar-refractivity contribution in [1.82, 2.24) is 19.5 Å². The second kappa shape index (κ2) is 9.30. The van der Waals surface area contributed by atoms with Gasteiger partial charge in [0.2, 0.25) is 0 Å². The minimum absolute atomic E-state index is 0.325. The van der Waals surface area contributed by atoms with E-state index in [0.717, 1.165) is 56.4 Å². The summed E-state index contributed by atoms with van der Waals surface area (Å²) in [6.45, 7) is 13.1. The van der Waals surface area contributed by atoms with Gasteiger partial charge in [-0.3, -0.25) is 4.90 Å². The van der Waals surface area contributed by atoms with Gasteiger partial charge in [0, 0.05) is 38.8 Å². The minimum atomic E-state index is 0.325. The third-order valence-corrected chi connectivity index (χ3v) is 5.36. The molecule has 2 aromatic heterocycles. The molecular formula is C21H23ClN6O2. The van der Waals surface area contributed by atoms with E-state index in [1.165, 1.54) is 10.7 Å². The number of fused-ring (bicyclic) bond motifs is 1.